The highest BCUT2D eigenvalue weighted by molar-refractivity contribution is 6.35. The number of nitrogens with zero attached hydrogens (tertiary/aromatic N) is 1. The molecule has 2 unspecified atom stereocenters. The van der Waals surface area contributed by atoms with Crippen molar-refractivity contribution in [3.8, 4) is 0 Å². The monoisotopic (exact) mass is 364 g/mol. The highest BCUT2D eigenvalue weighted by Crippen LogP contribution is 2.36. The van der Waals surface area contributed by atoms with Gasteiger partial charge in [-0.25, -0.2) is 0 Å². The van der Waals surface area contributed by atoms with Crippen LogP contribution in [0.25, 0.3) is 0 Å². The average Bonchev–Trinajstić information content (AvgIpc) is 2.54. The molecule has 3 rings (SSSR count). The van der Waals surface area contributed by atoms with Crippen molar-refractivity contribution in [3.05, 3.63) is 62.9 Å². The van der Waals surface area contributed by atoms with E-state index in [2.05, 4.69) is 10.3 Å². The minimum atomic E-state index is -0.599. The Balaban J connectivity index is 1.76. The number of amides is 1. The minimum Gasteiger partial charge on any atom is -0.387 e. The Kier molecular flexibility index (Phi) is 5.09. The van der Waals surface area contributed by atoms with Gasteiger partial charge in [0, 0.05) is 22.8 Å². The van der Waals surface area contributed by atoms with Crippen molar-refractivity contribution in [1.29, 1.82) is 0 Å². The van der Waals surface area contributed by atoms with Gasteiger partial charge in [0.05, 0.1) is 17.7 Å². The molecule has 1 aliphatic rings. The van der Waals surface area contributed by atoms with Crippen molar-refractivity contribution in [3.63, 3.8) is 0 Å². The molecule has 2 aromatic rings. The zero-order valence-electron chi connectivity index (χ0n) is 13.2. The van der Waals surface area contributed by atoms with Gasteiger partial charge < -0.3 is 10.4 Å². The molecule has 4 nitrogen and oxygen atoms in total. The summed E-state index contributed by atoms with van der Waals surface area (Å²) in [5.74, 6) is -0.384. The number of pyridine rings is 1. The number of hydrogen-bond acceptors (Lipinski definition) is 3. The summed E-state index contributed by atoms with van der Waals surface area (Å²) in [5.41, 5.74) is 3.20. The molecule has 6 heteroatoms. The predicted molar refractivity (Wildman–Crippen MR) is 94.2 cm³/mol. The fourth-order valence-electron chi connectivity index (χ4n) is 3.15. The Morgan fingerprint density at radius 2 is 2.17 bits per heavy atom. The van der Waals surface area contributed by atoms with E-state index < -0.39 is 6.10 Å². The van der Waals surface area contributed by atoms with Crippen LogP contribution in [-0.2, 0) is 11.3 Å². The van der Waals surface area contributed by atoms with E-state index in [0.717, 1.165) is 16.7 Å². The molecule has 1 aromatic carbocycles. The van der Waals surface area contributed by atoms with Crippen LogP contribution in [0.5, 0.6) is 0 Å². The first-order chi connectivity index (χ1) is 11.5. The van der Waals surface area contributed by atoms with Crippen LogP contribution in [-0.4, -0.2) is 16.0 Å². The van der Waals surface area contributed by atoms with Gasteiger partial charge in [0.15, 0.2) is 0 Å². The number of carbonyl (C=O) groups excluding carboxylic acids is 1. The summed E-state index contributed by atoms with van der Waals surface area (Å²) < 4.78 is 0. The van der Waals surface area contributed by atoms with E-state index in [1.54, 1.807) is 18.3 Å². The van der Waals surface area contributed by atoms with Crippen LogP contribution in [0.1, 0.15) is 47.2 Å². The minimum absolute atomic E-state index is 0.0819. The number of benzene rings is 1. The maximum atomic E-state index is 12.6. The van der Waals surface area contributed by atoms with Crippen molar-refractivity contribution < 1.29 is 9.90 Å². The third-order valence-corrected chi connectivity index (χ3v) is 4.99. The number of carbonyl (C=O) groups is 1. The average molecular weight is 365 g/mol. The number of aliphatic hydroxyl groups is 1. The molecule has 126 valence electrons. The van der Waals surface area contributed by atoms with Crippen LogP contribution < -0.4 is 5.32 Å². The lowest BCUT2D eigenvalue weighted by atomic mass is 9.83. The summed E-state index contributed by atoms with van der Waals surface area (Å²) >= 11 is 12.2. The summed E-state index contributed by atoms with van der Waals surface area (Å²) in [6.45, 7) is 2.25. The van der Waals surface area contributed by atoms with Crippen molar-refractivity contribution in [2.24, 2.45) is 0 Å². The fraction of sp³-hybridized carbons (Fsp3) is 0.333. The molecule has 0 saturated carbocycles. The van der Waals surface area contributed by atoms with Gasteiger partial charge in [0.25, 0.3) is 0 Å². The summed E-state index contributed by atoms with van der Waals surface area (Å²) in [6, 6.07) is 7.14. The van der Waals surface area contributed by atoms with Crippen LogP contribution >= 0.6 is 23.2 Å². The molecular formula is C18H18Cl2N2O2. The van der Waals surface area contributed by atoms with Crippen molar-refractivity contribution in [2.75, 3.05) is 0 Å². The lowest BCUT2D eigenvalue weighted by Gasteiger charge is -2.27. The summed E-state index contributed by atoms with van der Waals surface area (Å²) in [6.07, 6.45) is 2.17. The zero-order valence-corrected chi connectivity index (χ0v) is 14.7. The van der Waals surface area contributed by atoms with E-state index in [-0.39, 0.29) is 11.8 Å². The number of aromatic nitrogens is 1. The van der Waals surface area contributed by atoms with Gasteiger partial charge in [-0.05, 0) is 54.7 Å². The summed E-state index contributed by atoms with van der Waals surface area (Å²) in [7, 11) is 0. The predicted octanol–water partition coefficient (Wildman–Crippen LogP) is 3.92. The van der Waals surface area contributed by atoms with Crippen molar-refractivity contribution >= 4 is 29.1 Å². The van der Waals surface area contributed by atoms with Gasteiger partial charge in [-0.15, -0.1) is 0 Å². The van der Waals surface area contributed by atoms with Gasteiger partial charge in [0.2, 0.25) is 5.91 Å². The quantitative estimate of drug-likeness (QED) is 0.867. The number of halogens is 2. The molecule has 0 saturated heterocycles. The molecule has 1 aliphatic carbocycles. The molecule has 1 heterocycles. The van der Waals surface area contributed by atoms with E-state index in [4.69, 9.17) is 23.2 Å². The Labute approximate surface area is 150 Å². The lowest BCUT2D eigenvalue weighted by molar-refractivity contribution is -0.123. The number of aliphatic hydroxyl groups excluding tert-OH is 1. The largest absolute Gasteiger partial charge is 0.387 e. The van der Waals surface area contributed by atoms with Crippen molar-refractivity contribution in [2.45, 2.75) is 38.3 Å². The van der Waals surface area contributed by atoms with Crippen molar-refractivity contribution in [1.82, 2.24) is 10.3 Å². The number of fused-ring (bicyclic) bond motifs is 1. The van der Waals surface area contributed by atoms with Crippen LogP contribution in [0.2, 0.25) is 10.0 Å². The molecule has 0 spiro atoms. The van der Waals surface area contributed by atoms with Crippen LogP contribution in [0.3, 0.4) is 0 Å². The first-order valence-corrected chi connectivity index (χ1v) is 8.58. The third kappa shape index (κ3) is 3.41. The second kappa shape index (κ2) is 7.09. The third-order valence-electron chi connectivity index (χ3n) is 4.43. The van der Waals surface area contributed by atoms with E-state index in [1.165, 1.54) is 0 Å². The highest BCUT2D eigenvalue weighted by Gasteiger charge is 2.31. The fourth-order valence-corrected chi connectivity index (χ4v) is 3.81. The Morgan fingerprint density at radius 1 is 1.38 bits per heavy atom. The SMILES string of the molecule is Cc1cc(Cl)cc(Cl)c1CNC(=O)C1CCC(O)c2ncccc21. The molecule has 24 heavy (non-hydrogen) atoms. The Morgan fingerprint density at radius 3 is 2.92 bits per heavy atom. The van der Waals surface area contributed by atoms with Gasteiger partial charge in [0.1, 0.15) is 0 Å². The molecule has 2 atom stereocenters. The number of rotatable bonds is 3. The Bertz CT molecular complexity index is 756. The van der Waals surface area contributed by atoms with E-state index >= 15 is 0 Å². The molecule has 1 aromatic heterocycles. The standard InChI is InChI=1S/C18H18Cl2N2O2/c1-10-7-11(19)8-15(20)14(10)9-22-18(24)13-4-5-16(23)17-12(13)3-2-6-21-17/h2-3,6-8,13,16,23H,4-5,9H2,1H3,(H,22,24). The van der Waals surface area contributed by atoms with Crippen LogP contribution in [0.15, 0.2) is 30.5 Å². The molecular weight excluding hydrogens is 347 g/mol. The van der Waals surface area contributed by atoms with Crippen LogP contribution in [0.4, 0.5) is 0 Å². The number of hydrogen-bond donors (Lipinski definition) is 2. The first-order valence-electron chi connectivity index (χ1n) is 7.82. The maximum Gasteiger partial charge on any atom is 0.227 e. The van der Waals surface area contributed by atoms with E-state index in [0.29, 0.717) is 35.1 Å². The van der Waals surface area contributed by atoms with E-state index in [1.807, 2.05) is 19.1 Å². The van der Waals surface area contributed by atoms with Gasteiger partial charge in [-0.2, -0.15) is 0 Å². The highest BCUT2D eigenvalue weighted by atomic mass is 35.5. The molecule has 0 bridgehead atoms. The van der Waals surface area contributed by atoms with E-state index in [9.17, 15) is 9.90 Å². The number of aryl methyl sites for hydroxylation is 1. The Hall–Kier alpha value is -1.62. The van der Waals surface area contributed by atoms with Gasteiger partial charge in [-0.1, -0.05) is 29.3 Å². The second-order valence-electron chi connectivity index (χ2n) is 6.02. The van der Waals surface area contributed by atoms with Gasteiger partial charge >= 0.3 is 0 Å². The topological polar surface area (TPSA) is 62.2 Å². The maximum absolute atomic E-state index is 12.6. The van der Waals surface area contributed by atoms with Crippen LogP contribution in [0, 0.1) is 6.92 Å². The molecule has 2 N–H and O–H groups in total. The normalized spacial score (nSPS) is 19.7. The molecule has 1 amide bonds. The molecule has 0 aliphatic heterocycles. The number of nitrogens with one attached hydrogen (secondary N) is 1. The molecule has 0 radical (unpaired) electrons. The zero-order chi connectivity index (χ0) is 17.3. The van der Waals surface area contributed by atoms with Gasteiger partial charge in [-0.3, -0.25) is 9.78 Å². The first kappa shape index (κ1) is 17.2. The summed E-state index contributed by atoms with van der Waals surface area (Å²) in [4.78, 5) is 16.9. The lowest BCUT2D eigenvalue weighted by Crippen LogP contribution is -2.32. The summed E-state index contributed by atoms with van der Waals surface area (Å²) in [5, 5.41) is 14.1. The molecule has 0 fully saturated rings. The second-order valence-corrected chi connectivity index (χ2v) is 6.87. The smallest absolute Gasteiger partial charge is 0.227 e.